The van der Waals surface area contributed by atoms with Gasteiger partial charge in [0.05, 0.1) is 0 Å². The Morgan fingerprint density at radius 3 is 2.56 bits per heavy atom. The Kier molecular flexibility index (Phi) is 5.08. The molecule has 1 aromatic rings. The number of nitrogens with one attached hydrogen (secondary N) is 1. The summed E-state index contributed by atoms with van der Waals surface area (Å²) in [7, 11) is 1.93. The molecule has 0 radical (unpaired) electrons. The van der Waals surface area contributed by atoms with Gasteiger partial charge in [-0.25, -0.2) is 5.84 Å². The van der Waals surface area contributed by atoms with Gasteiger partial charge in [-0.05, 0) is 24.6 Å². The molecule has 0 atom stereocenters. The Balaban J connectivity index is 2.66. The fourth-order valence-electron chi connectivity index (χ4n) is 1.36. The highest BCUT2D eigenvalue weighted by molar-refractivity contribution is 6.30. The van der Waals surface area contributed by atoms with E-state index in [-0.39, 0.29) is 0 Å². The van der Waals surface area contributed by atoms with Crippen molar-refractivity contribution in [3.05, 3.63) is 34.9 Å². The lowest BCUT2D eigenvalue weighted by Gasteiger charge is -2.20. The Morgan fingerprint density at radius 2 is 2.06 bits per heavy atom. The van der Waals surface area contributed by atoms with Crippen LogP contribution in [0.15, 0.2) is 29.3 Å². The lowest BCUT2D eigenvalue weighted by atomic mass is 10.2. The summed E-state index contributed by atoms with van der Waals surface area (Å²) in [6, 6.07) is 7.71. The molecular weight excluding hydrogens is 224 g/mol. The average Bonchev–Trinajstić information content (AvgIpc) is 2.29. The Morgan fingerprint density at radius 1 is 1.44 bits per heavy atom. The van der Waals surface area contributed by atoms with Crippen LogP contribution in [-0.4, -0.2) is 24.5 Å². The molecule has 0 aromatic heterocycles. The van der Waals surface area contributed by atoms with Crippen molar-refractivity contribution in [2.45, 2.75) is 13.5 Å². The molecule has 1 aromatic carbocycles. The highest BCUT2D eigenvalue weighted by Crippen LogP contribution is 2.10. The van der Waals surface area contributed by atoms with Gasteiger partial charge in [0.15, 0.2) is 0 Å². The number of guanidine groups is 1. The van der Waals surface area contributed by atoms with Crippen molar-refractivity contribution in [1.82, 2.24) is 10.3 Å². The summed E-state index contributed by atoms with van der Waals surface area (Å²) in [4.78, 5) is 6.19. The van der Waals surface area contributed by atoms with Crippen LogP contribution in [0.3, 0.4) is 0 Å². The summed E-state index contributed by atoms with van der Waals surface area (Å²) in [5.74, 6) is 6.07. The van der Waals surface area contributed by atoms with E-state index in [2.05, 4.69) is 10.4 Å². The van der Waals surface area contributed by atoms with Gasteiger partial charge >= 0.3 is 0 Å². The van der Waals surface area contributed by atoms with Crippen LogP contribution < -0.4 is 11.3 Å². The molecule has 0 saturated heterocycles. The summed E-state index contributed by atoms with van der Waals surface area (Å²) < 4.78 is 0. The number of benzene rings is 1. The maximum Gasteiger partial charge on any atom is 0.208 e. The van der Waals surface area contributed by atoms with Crippen molar-refractivity contribution in [1.29, 1.82) is 0 Å². The van der Waals surface area contributed by atoms with E-state index in [0.717, 1.165) is 17.1 Å². The number of hydrogen-bond acceptors (Lipinski definition) is 2. The second-order valence-corrected chi connectivity index (χ2v) is 3.86. The average molecular weight is 241 g/mol. The number of halogens is 1. The molecule has 1 rings (SSSR count). The number of nitrogens with zero attached hydrogens (tertiary/aromatic N) is 2. The van der Waals surface area contributed by atoms with Gasteiger partial charge < -0.3 is 4.90 Å². The maximum absolute atomic E-state index is 5.82. The number of hydrazine groups is 1. The highest BCUT2D eigenvalue weighted by Gasteiger charge is 2.04. The Hall–Kier alpha value is -1.26. The monoisotopic (exact) mass is 240 g/mol. The number of rotatable bonds is 3. The van der Waals surface area contributed by atoms with Crippen LogP contribution in [0.25, 0.3) is 0 Å². The minimum Gasteiger partial charge on any atom is -0.341 e. The largest absolute Gasteiger partial charge is 0.341 e. The molecule has 0 bridgehead atoms. The van der Waals surface area contributed by atoms with Gasteiger partial charge in [-0.15, -0.1) is 0 Å². The van der Waals surface area contributed by atoms with Gasteiger partial charge in [0.2, 0.25) is 5.96 Å². The molecule has 88 valence electrons. The molecule has 3 N–H and O–H groups in total. The lowest BCUT2D eigenvalue weighted by Crippen LogP contribution is -2.42. The minimum atomic E-state index is 0.678. The quantitative estimate of drug-likeness (QED) is 0.365. The van der Waals surface area contributed by atoms with Crippen molar-refractivity contribution in [2.24, 2.45) is 10.8 Å². The van der Waals surface area contributed by atoms with Crippen molar-refractivity contribution < 1.29 is 0 Å². The minimum absolute atomic E-state index is 0.678. The van der Waals surface area contributed by atoms with E-state index in [1.165, 1.54) is 0 Å². The van der Waals surface area contributed by atoms with Gasteiger partial charge in [-0.2, -0.15) is 0 Å². The Labute approximate surface area is 101 Å². The predicted molar refractivity (Wildman–Crippen MR) is 68.2 cm³/mol. The molecule has 0 aliphatic carbocycles. The first-order valence-electron chi connectivity index (χ1n) is 5.14. The normalized spacial score (nSPS) is 11.4. The van der Waals surface area contributed by atoms with E-state index in [1.807, 2.05) is 43.1 Å². The second-order valence-electron chi connectivity index (χ2n) is 3.42. The summed E-state index contributed by atoms with van der Waals surface area (Å²) in [6.45, 7) is 3.40. The molecule has 16 heavy (non-hydrogen) atoms. The summed E-state index contributed by atoms with van der Waals surface area (Å²) in [5.41, 5.74) is 3.74. The van der Waals surface area contributed by atoms with Crippen molar-refractivity contribution >= 4 is 17.6 Å². The zero-order chi connectivity index (χ0) is 12.0. The van der Waals surface area contributed by atoms with Crippen molar-refractivity contribution in [3.8, 4) is 0 Å². The van der Waals surface area contributed by atoms with Crippen LogP contribution in [0.5, 0.6) is 0 Å². The molecule has 0 saturated carbocycles. The molecule has 0 spiro atoms. The fraction of sp³-hybridized carbons (Fsp3) is 0.364. The standard InChI is InChI=1S/C11H17ClN4/c1-3-14-11(15-13)16(2)8-9-4-6-10(12)7-5-9/h4-7H,3,8,13H2,1-2H3,(H,14,15). The van der Waals surface area contributed by atoms with Crippen LogP contribution in [0.2, 0.25) is 5.02 Å². The fourth-order valence-corrected chi connectivity index (χ4v) is 1.49. The lowest BCUT2D eigenvalue weighted by molar-refractivity contribution is 0.477. The van der Waals surface area contributed by atoms with E-state index in [1.54, 1.807) is 0 Å². The molecule has 0 fully saturated rings. The zero-order valence-electron chi connectivity index (χ0n) is 9.57. The van der Waals surface area contributed by atoms with E-state index in [9.17, 15) is 0 Å². The first kappa shape index (κ1) is 12.8. The van der Waals surface area contributed by atoms with Gasteiger partial charge in [0, 0.05) is 25.2 Å². The third-order valence-electron chi connectivity index (χ3n) is 2.13. The third kappa shape index (κ3) is 3.72. The Bertz CT molecular complexity index is 348. The van der Waals surface area contributed by atoms with Gasteiger partial charge in [-0.1, -0.05) is 23.7 Å². The number of aliphatic imine (C=N–C) groups is 1. The molecule has 0 unspecified atom stereocenters. The van der Waals surface area contributed by atoms with Gasteiger partial charge in [0.25, 0.3) is 0 Å². The zero-order valence-corrected chi connectivity index (χ0v) is 10.3. The molecule has 0 aliphatic heterocycles. The first-order valence-corrected chi connectivity index (χ1v) is 5.51. The van der Waals surface area contributed by atoms with E-state index in [4.69, 9.17) is 17.4 Å². The summed E-state index contributed by atoms with van der Waals surface area (Å²) >= 11 is 5.82. The number of nitrogens with two attached hydrogens (primary N) is 1. The molecule has 0 amide bonds. The summed E-state index contributed by atoms with van der Waals surface area (Å²) in [6.07, 6.45) is 0. The van der Waals surface area contributed by atoms with E-state index < -0.39 is 0 Å². The van der Waals surface area contributed by atoms with E-state index in [0.29, 0.717) is 12.5 Å². The molecule has 4 nitrogen and oxygen atoms in total. The van der Waals surface area contributed by atoms with Gasteiger partial charge in [0.1, 0.15) is 0 Å². The smallest absolute Gasteiger partial charge is 0.208 e. The molecule has 5 heteroatoms. The number of hydrogen-bond donors (Lipinski definition) is 2. The van der Waals surface area contributed by atoms with E-state index >= 15 is 0 Å². The van der Waals surface area contributed by atoms with Crippen LogP contribution >= 0.6 is 11.6 Å². The third-order valence-corrected chi connectivity index (χ3v) is 2.38. The maximum atomic E-state index is 5.82. The topological polar surface area (TPSA) is 53.6 Å². The van der Waals surface area contributed by atoms with Crippen molar-refractivity contribution in [3.63, 3.8) is 0 Å². The van der Waals surface area contributed by atoms with Crippen molar-refractivity contribution in [2.75, 3.05) is 13.6 Å². The SMILES string of the molecule is CCN=C(NN)N(C)Cc1ccc(Cl)cc1. The first-order chi connectivity index (χ1) is 7.67. The molecular formula is C11H17ClN4. The predicted octanol–water partition coefficient (Wildman–Crippen LogP) is 1.61. The van der Waals surface area contributed by atoms with Crippen LogP contribution in [0.4, 0.5) is 0 Å². The van der Waals surface area contributed by atoms with Crippen LogP contribution in [0.1, 0.15) is 12.5 Å². The second kappa shape index (κ2) is 6.35. The molecule has 0 heterocycles. The molecule has 0 aliphatic rings. The summed E-state index contributed by atoms with van der Waals surface area (Å²) in [5, 5.41) is 0.741. The van der Waals surface area contributed by atoms with Crippen LogP contribution in [-0.2, 0) is 6.54 Å². The van der Waals surface area contributed by atoms with Crippen LogP contribution in [0, 0.1) is 0 Å². The highest BCUT2D eigenvalue weighted by atomic mass is 35.5. The van der Waals surface area contributed by atoms with Gasteiger partial charge in [-0.3, -0.25) is 10.4 Å².